The van der Waals surface area contributed by atoms with Crippen molar-refractivity contribution in [1.82, 2.24) is 19.6 Å². The van der Waals surface area contributed by atoms with Crippen LogP contribution >= 0.6 is 0 Å². The molecule has 102 valence electrons. The van der Waals surface area contributed by atoms with Crippen LogP contribution in [0, 0.1) is 0 Å². The molecule has 0 spiro atoms. The first-order valence-electron chi connectivity index (χ1n) is 7.14. The molecule has 19 heavy (non-hydrogen) atoms. The maximum atomic E-state index is 4.88. The number of nitrogens with one attached hydrogen (secondary N) is 1. The Labute approximate surface area is 114 Å². The van der Waals surface area contributed by atoms with Crippen LogP contribution in [0.15, 0.2) is 24.4 Å². The molecule has 0 aliphatic carbocycles. The molecule has 2 aromatic rings. The first-order chi connectivity index (χ1) is 9.25. The van der Waals surface area contributed by atoms with E-state index in [4.69, 9.17) is 4.98 Å². The van der Waals surface area contributed by atoms with Gasteiger partial charge in [-0.05, 0) is 12.1 Å². The highest BCUT2D eigenvalue weighted by Gasteiger charge is 2.16. The van der Waals surface area contributed by atoms with Crippen LogP contribution in [0.2, 0.25) is 0 Å². The van der Waals surface area contributed by atoms with Crippen molar-refractivity contribution in [2.24, 2.45) is 0 Å². The molecule has 0 unspecified atom stereocenters. The van der Waals surface area contributed by atoms with Crippen molar-refractivity contribution in [2.75, 3.05) is 26.2 Å². The lowest BCUT2D eigenvalue weighted by Crippen LogP contribution is -2.42. The zero-order valence-corrected chi connectivity index (χ0v) is 11.8. The fraction of sp³-hybridized carbons (Fsp3) is 0.533. The summed E-state index contributed by atoms with van der Waals surface area (Å²) in [5.74, 6) is 1.62. The van der Waals surface area contributed by atoms with Crippen molar-refractivity contribution in [3.8, 4) is 0 Å². The van der Waals surface area contributed by atoms with Crippen molar-refractivity contribution in [2.45, 2.75) is 26.3 Å². The van der Waals surface area contributed by atoms with Crippen LogP contribution in [0.25, 0.3) is 5.52 Å². The van der Waals surface area contributed by atoms with E-state index in [0.717, 1.165) is 32.7 Å². The van der Waals surface area contributed by atoms with Crippen molar-refractivity contribution in [1.29, 1.82) is 0 Å². The second-order valence-corrected chi connectivity index (χ2v) is 5.55. The molecule has 1 N–H and O–H groups in total. The molecule has 1 saturated heterocycles. The topological polar surface area (TPSA) is 32.6 Å². The van der Waals surface area contributed by atoms with Crippen LogP contribution in [0.3, 0.4) is 0 Å². The number of rotatable bonds is 3. The molecule has 4 nitrogen and oxygen atoms in total. The average molecular weight is 258 g/mol. The maximum absolute atomic E-state index is 4.88. The van der Waals surface area contributed by atoms with Crippen LogP contribution in [-0.4, -0.2) is 40.5 Å². The summed E-state index contributed by atoms with van der Waals surface area (Å²) >= 11 is 0. The predicted molar refractivity (Wildman–Crippen MR) is 77.4 cm³/mol. The quantitative estimate of drug-likeness (QED) is 0.912. The van der Waals surface area contributed by atoms with Gasteiger partial charge >= 0.3 is 0 Å². The number of imidazole rings is 1. The third-order valence-corrected chi connectivity index (χ3v) is 3.75. The number of hydrogen-bond donors (Lipinski definition) is 1. The van der Waals surface area contributed by atoms with Crippen molar-refractivity contribution in [3.05, 3.63) is 35.9 Å². The van der Waals surface area contributed by atoms with Gasteiger partial charge in [-0.3, -0.25) is 4.90 Å². The standard InChI is InChI=1S/C15H22N4/c1-12(2)15-17-13(11-18-9-6-16-7-10-18)14-5-3-4-8-19(14)15/h3-5,8,12,16H,6-7,9-11H2,1-2H3. The van der Waals surface area contributed by atoms with Gasteiger partial charge in [0.1, 0.15) is 5.82 Å². The molecule has 1 aliphatic heterocycles. The fourth-order valence-corrected chi connectivity index (χ4v) is 2.73. The average Bonchev–Trinajstić information content (AvgIpc) is 2.79. The molecule has 3 rings (SSSR count). The summed E-state index contributed by atoms with van der Waals surface area (Å²) in [5, 5.41) is 3.39. The summed E-state index contributed by atoms with van der Waals surface area (Å²) in [5.41, 5.74) is 2.47. The zero-order chi connectivity index (χ0) is 13.2. The Balaban J connectivity index is 1.94. The number of fused-ring (bicyclic) bond motifs is 1. The summed E-state index contributed by atoms with van der Waals surface area (Å²) in [7, 11) is 0. The maximum Gasteiger partial charge on any atom is 0.116 e. The van der Waals surface area contributed by atoms with E-state index in [9.17, 15) is 0 Å². The fourth-order valence-electron chi connectivity index (χ4n) is 2.73. The van der Waals surface area contributed by atoms with E-state index < -0.39 is 0 Å². The molecular weight excluding hydrogens is 236 g/mol. The van der Waals surface area contributed by atoms with E-state index >= 15 is 0 Å². The third kappa shape index (κ3) is 2.51. The molecule has 0 saturated carbocycles. The first kappa shape index (κ1) is 12.6. The van der Waals surface area contributed by atoms with E-state index in [0.29, 0.717) is 5.92 Å². The molecule has 2 aromatic heterocycles. The second kappa shape index (κ2) is 5.31. The molecule has 3 heterocycles. The monoisotopic (exact) mass is 258 g/mol. The molecular formula is C15H22N4. The van der Waals surface area contributed by atoms with Crippen LogP contribution in [0.1, 0.15) is 31.3 Å². The van der Waals surface area contributed by atoms with E-state index in [1.807, 2.05) is 0 Å². The summed E-state index contributed by atoms with van der Waals surface area (Å²) in [6, 6.07) is 6.36. The Morgan fingerprint density at radius 3 is 2.79 bits per heavy atom. The third-order valence-electron chi connectivity index (χ3n) is 3.75. The van der Waals surface area contributed by atoms with Crippen molar-refractivity contribution < 1.29 is 0 Å². The highest BCUT2D eigenvalue weighted by atomic mass is 15.2. The van der Waals surface area contributed by atoms with Crippen LogP contribution in [-0.2, 0) is 6.54 Å². The zero-order valence-electron chi connectivity index (χ0n) is 11.8. The minimum Gasteiger partial charge on any atom is -0.314 e. The Morgan fingerprint density at radius 1 is 1.26 bits per heavy atom. The van der Waals surface area contributed by atoms with Gasteiger partial charge in [0, 0.05) is 44.8 Å². The number of aromatic nitrogens is 2. The van der Waals surface area contributed by atoms with E-state index in [-0.39, 0.29) is 0 Å². The highest BCUT2D eigenvalue weighted by molar-refractivity contribution is 5.53. The van der Waals surface area contributed by atoms with Gasteiger partial charge in [-0.25, -0.2) is 4.98 Å². The van der Waals surface area contributed by atoms with Gasteiger partial charge in [0.15, 0.2) is 0 Å². The molecule has 4 heteroatoms. The van der Waals surface area contributed by atoms with Gasteiger partial charge in [-0.1, -0.05) is 19.9 Å². The molecule has 1 fully saturated rings. The largest absolute Gasteiger partial charge is 0.314 e. The number of pyridine rings is 1. The smallest absolute Gasteiger partial charge is 0.116 e. The Bertz CT molecular complexity index is 552. The van der Waals surface area contributed by atoms with Gasteiger partial charge in [0.25, 0.3) is 0 Å². The van der Waals surface area contributed by atoms with Gasteiger partial charge in [-0.2, -0.15) is 0 Å². The van der Waals surface area contributed by atoms with Gasteiger partial charge in [0.2, 0.25) is 0 Å². The van der Waals surface area contributed by atoms with Gasteiger partial charge in [-0.15, -0.1) is 0 Å². The number of piperazine rings is 1. The summed E-state index contributed by atoms with van der Waals surface area (Å²) < 4.78 is 2.24. The Morgan fingerprint density at radius 2 is 2.05 bits per heavy atom. The predicted octanol–water partition coefficient (Wildman–Crippen LogP) is 1.86. The summed E-state index contributed by atoms with van der Waals surface area (Å²) in [6.07, 6.45) is 2.12. The van der Waals surface area contributed by atoms with E-state index in [1.54, 1.807) is 0 Å². The lowest BCUT2D eigenvalue weighted by Gasteiger charge is -2.26. The van der Waals surface area contributed by atoms with Crippen LogP contribution < -0.4 is 5.32 Å². The molecule has 0 amide bonds. The van der Waals surface area contributed by atoms with Crippen LogP contribution in [0.4, 0.5) is 0 Å². The SMILES string of the molecule is CC(C)c1nc(CN2CCNCC2)c2ccccn12. The minimum atomic E-state index is 0.451. The highest BCUT2D eigenvalue weighted by Crippen LogP contribution is 2.20. The number of nitrogens with zero attached hydrogens (tertiary/aromatic N) is 3. The Hall–Kier alpha value is -1.39. The van der Waals surface area contributed by atoms with Crippen molar-refractivity contribution >= 4 is 5.52 Å². The lowest BCUT2D eigenvalue weighted by molar-refractivity contribution is 0.231. The van der Waals surface area contributed by atoms with Crippen molar-refractivity contribution in [3.63, 3.8) is 0 Å². The molecule has 0 aromatic carbocycles. The van der Waals surface area contributed by atoms with Gasteiger partial charge in [0.05, 0.1) is 11.2 Å². The molecule has 0 bridgehead atoms. The van der Waals surface area contributed by atoms with Crippen LogP contribution in [0.5, 0.6) is 0 Å². The van der Waals surface area contributed by atoms with E-state index in [1.165, 1.54) is 17.0 Å². The molecule has 1 aliphatic rings. The summed E-state index contributed by atoms with van der Waals surface area (Å²) in [6.45, 7) is 9.77. The Kier molecular flexibility index (Phi) is 3.53. The first-order valence-corrected chi connectivity index (χ1v) is 7.14. The lowest BCUT2D eigenvalue weighted by atomic mass is 10.2. The number of hydrogen-bond acceptors (Lipinski definition) is 3. The molecule has 0 radical (unpaired) electrons. The summed E-state index contributed by atoms with van der Waals surface area (Å²) in [4.78, 5) is 7.37. The van der Waals surface area contributed by atoms with E-state index in [2.05, 4.69) is 52.9 Å². The minimum absolute atomic E-state index is 0.451. The normalized spacial score (nSPS) is 17.4. The van der Waals surface area contributed by atoms with Gasteiger partial charge < -0.3 is 9.72 Å². The molecule has 0 atom stereocenters. The second-order valence-electron chi connectivity index (χ2n) is 5.55.